The average Bonchev–Trinajstić information content (AvgIpc) is 2.74. The number of hydrogen-bond donors (Lipinski definition) is 1. The highest BCUT2D eigenvalue weighted by Gasteiger charge is 2.26. The van der Waals surface area contributed by atoms with Gasteiger partial charge in [-0.1, -0.05) is 0 Å². The molecule has 0 bridgehead atoms. The Labute approximate surface area is 108 Å². The van der Waals surface area contributed by atoms with Crippen molar-refractivity contribution in [2.75, 3.05) is 13.1 Å². The van der Waals surface area contributed by atoms with Crippen LogP contribution in [0.3, 0.4) is 0 Å². The van der Waals surface area contributed by atoms with Gasteiger partial charge in [0.15, 0.2) is 0 Å². The molecule has 9 nitrogen and oxygen atoms in total. The molecule has 0 fully saturated rings. The van der Waals surface area contributed by atoms with Crippen molar-refractivity contribution in [1.29, 1.82) is 0 Å². The fourth-order valence-electron chi connectivity index (χ4n) is 1.59. The maximum atomic E-state index is 11.8. The van der Waals surface area contributed by atoms with Gasteiger partial charge in [-0.25, -0.2) is 4.79 Å². The van der Waals surface area contributed by atoms with Crippen LogP contribution in [0.2, 0.25) is 0 Å². The minimum Gasteiger partial charge on any atom is -0.476 e. The molecule has 0 aromatic carbocycles. The van der Waals surface area contributed by atoms with Gasteiger partial charge in [0, 0.05) is 13.1 Å². The summed E-state index contributed by atoms with van der Waals surface area (Å²) in [5.74, 6) is -1.78. The van der Waals surface area contributed by atoms with E-state index >= 15 is 0 Å². The molecule has 0 unspecified atom stereocenters. The molecule has 0 saturated carbocycles. The van der Waals surface area contributed by atoms with E-state index in [0.29, 0.717) is 13.1 Å². The Morgan fingerprint density at radius 3 is 2.42 bits per heavy atom. The molecule has 0 aliphatic carbocycles. The van der Waals surface area contributed by atoms with Crippen molar-refractivity contribution >= 4 is 17.6 Å². The minimum atomic E-state index is -1.50. The molecule has 1 rings (SSSR count). The topological polar surface area (TPSA) is 119 Å². The molecule has 0 aliphatic heterocycles. The number of carbonyl (C=O) groups is 2. The lowest BCUT2D eigenvalue weighted by Gasteiger charge is -2.18. The third kappa shape index (κ3) is 3.27. The predicted octanol–water partition coefficient (Wildman–Crippen LogP) is 0.358. The Balaban J connectivity index is 2.97. The third-order valence-electron chi connectivity index (χ3n) is 2.56. The highest BCUT2D eigenvalue weighted by atomic mass is 16.6. The summed E-state index contributed by atoms with van der Waals surface area (Å²) >= 11 is 0. The van der Waals surface area contributed by atoms with Crippen molar-refractivity contribution in [1.82, 2.24) is 14.7 Å². The third-order valence-corrected chi connectivity index (χ3v) is 2.56. The summed E-state index contributed by atoms with van der Waals surface area (Å²) in [4.78, 5) is 33.9. The van der Waals surface area contributed by atoms with Crippen molar-refractivity contribution in [2.45, 2.75) is 20.4 Å². The molecule has 19 heavy (non-hydrogen) atoms. The number of carboxylic acids is 1. The second-order valence-electron chi connectivity index (χ2n) is 3.69. The lowest BCUT2D eigenvalue weighted by molar-refractivity contribution is -0.385. The fourth-order valence-corrected chi connectivity index (χ4v) is 1.59. The van der Waals surface area contributed by atoms with Crippen LogP contribution in [0.25, 0.3) is 0 Å². The zero-order chi connectivity index (χ0) is 14.6. The van der Waals surface area contributed by atoms with Crippen LogP contribution < -0.4 is 0 Å². The van der Waals surface area contributed by atoms with Crippen LogP contribution in [-0.2, 0) is 11.3 Å². The highest BCUT2D eigenvalue weighted by molar-refractivity contribution is 5.90. The van der Waals surface area contributed by atoms with E-state index in [0.717, 1.165) is 10.9 Å². The van der Waals surface area contributed by atoms with E-state index in [4.69, 9.17) is 5.11 Å². The Bertz CT molecular complexity index is 475. The average molecular weight is 270 g/mol. The van der Waals surface area contributed by atoms with Crippen LogP contribution in [0.15, 0.2) is 6.20 Å². The zero-order valence-electron chi connectivity index (χ0n) is 10.6. The van der Waals surface area contributed by atoms with Crippen molar-refractivity contribution in [3.8, 4) is 0 Å². The van der Waals surface area contributed by atoms with E-state index in [9.17, 15) is 19.7 Å². The van der Waals surface area contributed by atoms with Crippen LogP contribution >= 0.6 is 0 Å². The molecule has 0 aliphatic rings. The number of aromatic carboxylic acids is 1. The molecule has 1 heterocycles. The molecule has 1 aromatic heterocycles. The smallest absolute Gasteiger partial charge is 0.363 e. The van der Waals surface area contributed by atoms with Crippen molar-refractivity contribution in [3.63, 3.8) is 0 Å². The van der Waals surface area contributed by atoms with E-state index in [1.807, 2.05) is 0 Å². The number of likely N-dealkylation sites (N-methyl/N-ethyl adjacent to an activating group) is 1. The fraction of sp³-hybridized carbons (Fsp3) is 0.500. The number of hydrogen-bond acceptors (Lipinski definition) is 5. The molecular formula is C10H14N4O5. The van der Waals surface area contributed by atoms with Crippen molar-refractivity contribution in [3.05, 3.63) is 22.0 Å². The van der Waals surface area contributed by atoms with Crippen LogP contribution in [0.1, 0.15) is 24.3 Å². The Kier molecular flexibility index (Phi) is 4.56. The molecular weight excluding hydrogens is 256 g/mol. The summed E-state index contributed by atoms with van der Waals surface area (Å²) in [5.41, 5.74) is -1.29. The largest absolute Gasteiger partial charge is 0.476 e. The zero-order valence-corrected chi connectivity index (χ0v) is 10.6. The van der Waals surface area contributed by atoms with Crippen molar-refractivity contribution < 1.29 is 19.6 Å². The van der Waals surface area contributed by atoms with Crippen LogP contribution in [0.5, 0.6) is 0 Å². The molecule has 9 heteroatoms. The van der Waals surface area contributed by atoms with Gasteiger partial charge in [0.1, 0.15) is 12.7 Å². The lowest BCUT2D eigenvalue weighted by atomic mass is 10.4. The first kappa shape index (κ1) is 14.6. The van der Waals surface area contributed by atoms with E-state index in [1.165, 1.54) is 4.90 Å². The highest BCUT2D eigenvalue weighted by Crippen LogP contribution is 2.16. The Morgan fingerprint density at radius 1 is 1.47 bits per heavy atom. The van der Waals surface area contributed by atoms with Gasteiger partial charge in [0.2, 0.25) is 11.6 Å². The molecule has 0 saturated heterocycles. The Hall–Kier alpha value is -2.45. The SMILES string of the molecule is CCN(CC)C(=O)Cn1cc([N+](=O)[O-])c(C(=O)O)n1. The molecule has 0 radical (unpaired) electrons. The summed E-state index contributed by atoms with van der Waals surface area (Å²) < 4.78 is 0.974. The first-order valence-electron chi connectivity index (χ1n) is 5.63. The van der Waals surface area contributed by atoms with Gasteiger partial charge in [0.25, 0.3) is 0 Å². The summed E-state index contributed by atoms with van der Waals surface area (Å²) in [6.07, 6.45) is 0.949. The molecule has 104 valence electrons. The van der Waals surface area contributed by atoms with Gasteiger partial charge >= 0.3 is 11.7 Å². The molecule has 1 amide bonds. The summed E-state index contributed by atoms with van der Waals surface area (Å²) in [5, 5.41) is 23.0. The molecule has 0 spiro atoms. The normalized spacial score (nSPS) is 10.2. The standard InChI is InChI=1S/C10H14N4O5/c1-3-12(4-2)8(15)6-13-5-7(14(18)19)9(11-13)10(16)17/h5H,3-4,6H2,1-2H3,(H,16,17). The number of nitro groups is 1. The van der Waals surface area contributed by atoms with Gasteiger partial charge in [0.05, 0.1) is 4.92 Å². The van der Waals surface area contributed by atoms with Gasteiger partial charge in [-0.15, -0.1) is 0 Å². The minimum absolute atomic E-state index is 0.226. The number of rotatable bonds is 6. The maximum Gasteiger partial charge on any atom is 0.363 e. The summed E-state index contributed by atoms with van der Waals surface area (Å²) in [6.45, 7) is 4.38. The first-order chi connectivity index (χ1) is 8.90. The van der Waals surface area contributed by atoms with Gasteiger partial charge < -0.3 is 10.0 Å². The number of carbonyl (C=O) groups excluding carboxylic acids is 1. The number of amides is 1. The summed E-state index contributed by atoms with van der Waals surface area (Å²) in [6, 6.07) is 0. The van der Waals surface area contributed by atoms with E-state index in [1.54, 1.807) is 13.8 Å². The van der Waals surface area contributed by atoms with E-state index < -0.39 is 22.3 Å². The van der Waals surface area contributed by atoms with E-state index in [2.05, 4.69) is 5.10 Å². The second kappa shape index (κ2) is 5.94. The number of aromatic nitrogens is 2. The lowest BCUT2D eigenvalue weighted by Crippen LogP contribution is -2.33. The van der Waals surface area contributed by atoms with Gasteiger partial charge in [-0.05, 0) is 13.8 Å². The number of carboxylic acid groups (broad SMARTS) is 1. The number of nitrogens with zero attached hydrogens (tertiary/aromatic N) is 4. The maximum absolute atomic E-state index is 11.8. The second-order valence-corrected chi connectivity index (χ2v) is 3.69. The summed E-state index contributed by atoms with van der Waals surface area (Å²) in [7, 11) is 0. The Morgan fingerprint density at radius 2 is 2.05 bits per heavy atom. The molecule has 1 aromatic rings. The predicted molar refractivity (Wildman–Crippen MR) is 63.8 cm³/mol. The van der Waals surface area contributed by atoms with Crippen molar-refractivity contribution in [2.24, 2.45) is 0 Å². The van der Waals surface area contributed by atoms with Crippen LogP contribution in [0.4, 0.5) is 5.69 Å². The molecule has 1 N–H and O–H groups in total. The quantitative estimate of drug-likeness (QED) is 0.588. The molecule has 0 atom stereocenters. The van der Waals surface area contributed by atoms with Crippen LogP contribution in [-0.4, -0.2) is 49.7 Å². The first-order valence-corrected chi connectivity index (χ1v) is 5.63. The van der Waals surface area contributed by atoms with Gasteiger partial charge in [-0.2, -0.15) is 5.10 Å². The van der Waals surface area contributed by atoms with Gasteiger partial charge in [-0.3, -0.25) is 19.6 Å². The monoisotopic (exact) mass is 270 g/mol. The van der Waals surface area contributed by atoms with E-state index in [-0.39, 0.29) is 12.5 Å². The van der Waals surface area contributed by atoms with Crippen LogP contribution in [0, 0.1) is 10.1 Å².